The second kappa shape index (κ2) is 6.83. The lowest BCUT2D eigenvalue weighted by atomic mass is 10.2. The minimum atomic E-state index is -0.262. The highest BCUT2D eigenvalue weighted by Gasteiger charge is 2.21. The summed E-state index contributed by atoms with van der Waals surface area (Å²) in [5.74, 6) is 0.447. The Hall–Kier alpha value is -2.34. The van der Waals surface area contributed by atoms with E-state index in [0.717, 1.165) is 18.7 Å². The molecule has 0 atom stereocenters. The zero-order valence-electron chi connectivity index (χ0n) is 12.3. The fraction of sp³-hybridized carbons (Fsp3) is 0.176. The number of nitrogens with one attached hydrogen (secondary N) is 1. The van der Waals surface area contributed by atoms with E-state index < -0.39 is 0 Å². The predicted octanol–water partition coefficient (Wildman–Crippen LogP) is 3.82. The van der Waals surface area contributed by atoms with Crippen LogP contribution in [0, 0.1) is 0 Å². The molecule has 1 aromatic carbocycles. The van der Waals surface area contributed by atoms with Crippen molar-refractivity contribution in [2.24, 2.45) is 0 Å². The number of amides is 2. The van der Waals surface area contributed by atoms with Crippen LogP contribution in [0.15, 0.2) is 51.6 Å². The van der Waals surface area contributed by atoms with Crippen molar-refractivity contribution in [3.63, 3.8) is 0 Å². The molecule has 5 nitrogen and oxygen atoms in total. The maximum Gasteiger partial charge on any atom is 0.248 e. The monoisotopic (exact) mass is 374 g/mol. The van der Waals surface area contributed by atoms with Gasteiger partial charge in [0.1, 0.15) is 5.76 Å². The Morgan fingerprint density at radius 3 is 2.87 bits per heavy atom. The van der Waals surface area contributed by atoms with Gasteiger partial charge < -0.3 is 14.6 Å². The summed E-state index contributed by atoms with van der Waals surface area (Å²) in [6.45, 7) is 0.726. The Balaban J connectivity index is 1.66. The van der Waals surface area contributed by atoms with Gasteiger partial charge in [0.25, 0.3) is 0 Å². The molecule has 1 saturated heterocycles. The number of carbonyl (C=O) groups is 2. The van der Waals surface area contributed by atoms with Crippen molar-refractivity contribution in [1.29, 1.82) is 0 Å². The molecule has 1 fully saturated rings. The van der Waals surface area contributed by atoms with Gasteiger partial charge in [-0.3, -0.25) is 9.59 Å². The van der Waals surface area contributed by atoms with Gasteiger partial charge in [0.05, 0.1) is 0 Å². The maximum absolute atomic E-state index is 12.0. The van der Waals surface area contributed by atoms with E-state index in [0.29, 0.717) is 22.5 Å². The molecule has 2 aromatic rings. The zero-order chi connectivity index (χ0) is 16.2. The third kappa shape index (κ3) is 3.90. The van der Waals surface area contributed by atoms with Crippen molar-refractivity contribution in [1.82, 2.24) is 0 Å². The summed E-state index contributed by atoms with van der Waals surface area (Å²) in [5, 5.41) is 2.78. The molecule has 118 valence electrons. The smallest absolute Gasteiger partial charge is 0.248 e. The number of benzene rings is 1. The molecule has 0 unspecified atom stereocenters. The highest BCUT2D eigenvalue weighted by molar-refractivity contribution is 9.10. The van der Waals surface area contributed by atoms with Crippen LogP contribution in [-0.2, 0) is 9.59 Å². The van der Waals surface area contributed by atoms with Crippen molar-refractivity contribution in [2.45, 2.75) is 12.8 Å². The second-order valence-electron chi connectivity index (χ2n) is 5.16. The summed E-state index contributed by atoms with van der Waals surface area (Å²) in [6, 6.07) is 10.8. The fourth-order valence-corrected chi connectivity index (χ4v) is 2.75. The molecule has 1 aliphatic heterocycles. The van der Waals surface area contributed by atoms with Crippen LogP contribution in [0.5, 0.6) is 0 Å². The number of hydrogen-bond donors (Lipinski definition) is 1. The van der Waals surface area contributed by atoms with Crippen molar-refractivity contribution in [3.8, 4) is 0 Å². The molecule has 1 aromatic heterocycles. The van der Waals surface area contributed by atoms with Crippen LogP contribution in [-0.4, -0.2) is 18.4 Å². The summed E-state index contributed by atoms with van der Waals surface area (Å²) < 4.78 is 5.90. The first-order valence-corrected chi connectivity index (χ1v) is 8.06. The molecule has 3 rings (SSSR count). The Morgan fingerprint density at radius 2 is 2.17 bits per heavy atom. The van der Waals surface area contributed by atoms with E-state index in [1.54, 1.807) is 35.2 Å². The van der Waals surface area contributed by atoms with E-state index in [4.69, 9.17) is 4.42 Å². The van der Waals surface area contributed by atoms with Gasteiger partial charge in [-0.15, -0.1) is 0 Å². The fourth-order valence-electron chi connectivity index (χ4n) is 2.43. The quantitative estimate of drug-likeness (QED) is 0.827. The van der Waals surface area contributed by atoms with Crippen LogP contribution in [0.25, 0.3) is 6.08 Å². The Kier molecular flexibility index (Phi) is 4.62. The highest BCUT2D eigenvalue weighted by atomic mass is 79.9. The molecule has 2 heterocycles. The number of rotatable bonds is 4. The van der Waals surface area contributed by atoms with Gasteiger partial charge >= 0.3 is 0 Å². The zero-order valence-corrected chi connectivity index (χ0v) is 13.9. The lowest BCUT2D eigenvalue weighted by molar-refractivity contribution is -0.117. The number of carbonyl (C=O) groups excluding carboxylic acids is 2. The summed E-state index contributed by atoms with van der Waals surface area (Å²) in [4.78, 5) is 25.5. The highest BCUT2D eigenvalue weighted by Crippen LogP contribution is 2.24. The molecule has 23 heavy (non-hydrogen) atoms. The van der Waals surface area contributed by atoms with E-state index >= 15 is 0 Å². The van der Waals surface area contributed by atoms with Gasteiger partial charge in [-0.05, 0) is 58.8 Å². The minimum absolute atomic E-state index is 0.122. The molecule has 0 radical (unpaired) electrons. The topological polar surface area (TPSA) is 62.6 Å². The minimum Gasteiger partial charge on any atom is -0.450 e. The van der Waals surface area contributed by atoms with Gasteiger partial charge in [0.15, 0.2) is 4.67 Å². The van der Waals surface area contributed by atoms with Gasteiger partial charge in [-0.1, -0.05) is 6.07 Å². The van der Waals surface area contributed by atoms with Crippen LogP contribution < -0.4 is 10.2 Å². The average molecular weight is 375 g/mol. The summed E-state index contributed by atoms with van der Waals surface area (Å²) in [5.41, 5.74) is 1.46. The standard InChI is InChI=1S/C17H15BrN2O3/c18-15-8-6-14(23-15)7-9-16(21)19-12-3-1-4-13(11-12)20-10-2-5-17(20)22/h1,3-4,6-9,11H,2,5,10H2,(H,19,21)/b9-7+. The van der Waals surface area contributed by atoms with E-state index in [1.165, 1.54) is 6.08 Å². The molecule has 1 N–H and O–H groups in total. The maximum atomic E-state index is 12.0. The van der Waals surface area contributed by atoms with Gasteiger partial charge in [-0.25, -0.2) is 0 Å². The summed E-state index contributed by atoms with van der Waals surface area (Å²) in [7, 11) is 0. The van der Waals surface area contributed by atoms with Gasteiger partial charge in [0.2, 0.25) is 11.8 Å². The third-order valence-corrected chi connectivity index (χ3v) is 3.92. The summed E-state index contributed by atoms with van der Waals surface area (Å²) in [6.07, 6.45) is 4.45. The first kappa shape index (κ1) is 15.6. The normalized spacial score (nSPS) is 14.7. The third-order valence-electron chi connectivity index (χ3n) is 3.49. The van der Waals surface area contributed by atoms with Crippen LogP contribution >= 0.6 is 15.9 Å². The molecule has 0 aliphatic carbocycles. The molecule has 0 saturated carbocycles. The Labute approximate surface area is 142 Å². The average Bonchev–Trinajstić information content (AvgIpc) is 3.14. The Bertz CT molecular complexity index is 767. The molecular formula is C17H15BrN2O3. The van der Waals surface area contributed by atoms with E-state index in [2.05, 4.69) is 21.2 Å². The Morgan fingerprint density at radius 1 is 1.30 bits per heavy atom. The number of furan rings is 1. The van der Waals surface area contributed by atoms with E-state index in [-0.39, 0.29) is 11.8 Å². The van der Waals surface area contributed by atoms with Crippen molar-refractivity contribution in [3.05, 3.63) is 52.9 Å². The van der Waals surface area contributed by atoms with Crippen LogP contribution in [0.1, 0.15) is 18.6 Å². The van der Waals surface area contributed by atoms with Crippen molar-refractivity contribution < 1.29 is 14.0 Å². The van der Waals surface area contributed by atoms with Gasteiger partial charge in [0, 0.05) is 30.4 Å². The molecule has 6 heteroatoms. The van der Waals surface area contributed by atoms with E-state index in [9.17, 15) is 9.59 Å². The van der Waals surface area contributed by atoms with Crippen molar-refractivity contribution in [2.75, 3.05) is 16.8 Å². The van der Waals surface area contributed by atoms with E-state index in [1.807, 2.05) is 12.1 Å². The summed E-state index contributed by atoms with van der Waals surface area (Å²) >= 11 is 3.20. The lowest BCUT2D eigenvalue weighted by Crippen LogP contribution is -2.23. The molecule has 2 amide bonds. The lowest BCUT2D eigenvalue weighted by Gasteiger charge is -2.16. The SMILES string of the molecule is O=C(/C=C/c1ccc(Br)o1)Nc1cccc(N2CCCC2=O)c1. The van der Waals surface area contributed by atoms with Crippen LogP contribution in [0.4, 0.5) is 11.4 Å². The molecule has 1 aliphatic rings. The van der Waals surface area contributed by atoms with Crippen LogP contribution in [0.3, 0.4) is 0 Å². The number of halogens is 1. The number of hydrogen-bond acceptors (Lipinski definition) is 3. The second-order valence-corrected chi connectivity index (χ2v) is 5.95. The number of anilines is 2. The molecule has 0 spiro atoms. The van der Waals surface area contributed by atoms with Gasteiger partial charge in [-0.2, -0.15) is 0 Å². The number of nitrogens with zero attached hydrogens (tertiary/aromatic N) is 1. The van der Waals surface area contributed by atoms with Crippen molar-refractivity contribution >= 4 is 45.2 Å². The molecule has 0 bridgehead atoms. The molecular weight excluding hydrogens is 360 g/mol. The predicted molar refractivity (Wildman–Crippen MR) is 92.1 cm³/mol. The first-order chi connectivity index (χ1) is 11.1. The van der Waals surface area contributed by atoms with Crippen LogP contribution in [0.2, 0.25) is 0 Å². The first-order valence-electron chi connectivity index (χ1n) is 7.27. The largest absolute Gasteiger partial charge is 0.450 e.